The van der Waals surface area contributed by atoms with Crippen molar-refractivity contribution in [2.75, 3.05) is 13.7 Å². The number of ether oxygens (including phenoxy) is 2. The Morgan fingerprint density at radius 1 is 1.04 bits per heavy atom. The van der Waals surface area contributed by atoms with E-state index in [1.54, 1.807) is 0 Å². The molecule has 0 radical (unpaired) electrons. The molecule has 0 fully saturated rings. The summed E-state index contributed by atoms with van der Waals surface area (Å²) in [5, 5.41) is 2.07. The number of ketones is 1. The van der Waals surface area contributed by atoms with Crippen LogP contribution in [0.3, 0.4) is 0 Å². The van der Waals surface area contributed by atoms with Crippen molar-refractivity contribution in [3.63, 3.8) is 0 Å². The largest absolute Gasteiger partial charge is 0.485 e. The summed E-state index contributed by atoms with van der Waals surface area (Å²) in [6.07, 6.45) is 1.03. The number of methoxy groups -OCH3 is 1. The number of Topliss-reactive ketones (excluding diaryl/α,β-unsaturated/α-hetero) is 1. The van der Waals surface area contributed by atoms with Gasteiger partial charge in [0.2, 0.25) is 5.78 Å². The predicted octanol–water partition coefficient (Wildman–Crippen LogP) is 4.47. The van der Waals surface area contributed by atoms with Gasteiger partial charge in [-0.05, 0) is 37.8 Å². The van der Waals surface area contributed by atoms with Crippen LogP contribution in [0.15, 0.2) is 48.5 Å². The van der Waals surface area contributed by atoms with Crippen LogP contribution in [0.1, 0.15) is 34.6 Å². The van der Waals surface area contributed by atoms with Gasteiger partial charge in [-0.2, -0.15) is 0 Å². The van der Waals surface area contributed by atoms with Crippen LogP contribution in [0.2, 0.25) is 0 Å². The molecule has 0 saturated carbocycles. The predicted molar refractivity (Wildman–Crippen MR) is 109 cm³/mol. The lowest BCUT2D eigenvalue weighted by Crippen LogP contribution is -2.13. The quantitative estimate of drug-likeness (QED) is 0.428. The number of rotatable bonds is 8. The summed E-state index contributed by atoms with van der Waals surface area (Å²) < 4.78 is 12.6. The Bertz CT molecular complexity index is 998. The number of fused-ring (bicyclic) bond motifs is 1. The summed E-state index contributed by atoms with van der Waals surface area (Å²) in [6, 6.07) is 15.7. The van der Waals surface area contributed by atoms with Gasteiger partial charge in [0.05, 0.1) is 7.11 Å². The van der Waals surface area contributed by atoms with E-state index in [-0.39, 0.29) is 18.4 Å². The molecule has 0 aliphatic carbocycles. The SMILES string of the molecule is COC(=O)CCCn1c(C)cc(C(=O)COc2cccc3ccccc23)c1C. The van der Waals surface area contributed by atoms with Gasteiger partial charge in [-0.25, -0.2) is 0 Å². The van der Waals surface area contributed by atoms with E-state index in [9.17, 15) is 9.59 Å². The van der Waals surface area contributed by atoms with Gasteiger partial charge in [0, 0.05) is 35.3 Å². The van der Waals surface area contributed by atoms with E-state index in [1.807, 2.05) is 62.4 Å². The second kappa shape index (κ2) is 8.74. The Morgan fingerprint density at radius 3 is 2.57 bits per heavy atom. The molecule has 0 spiro atoms. The van der Waals surface area contributed by atoms with E-state index in [1.165, 1.54) is 7.11 Å². The maximum absolute atomic E-state index is 12.8. The smallest absolute Gasteiger partial charge is 0.305 e. The van der Waals surface area contributed by atoms with Crippen molar-refractivity contribution in [1.29, 1.82) is 0 Å². The third kappa shape index (κ3) is 4.25. The molecular formula is C23H25NO4. The van der Waals surface area contributed by atoms with Crippen LogP contribution in [-0.4, -0.2) is 30.0 Å². The lowest BCUT2D eigenvalue weighted by molar-refractivity contribution is -0.140. The molecule has 5 nitrogen and oxygen atoms in total. The number of aryl methyl sites for hydroxylation is 1. The zero-order valence-corrected chi connectivity index (χ0v) is 16.5. The van der Waals surface area contributed by atoms with E-state index in [0.29, 0.717) is 30.7 Å². The summed E-state index contributed by atoms with van der Waals surface area (Å²) in [6.45, 7) is 4.55. The van der Waals surface area contributed by atoms with Crippen molar-refractivity contribution < 1.29 is 19.1 Å². The summed E-state index contributed by atoms with van der Waals surface area (Å²) in [5.74, 6) is 0.431. The Morgan fingerprint density at radius 2 is 1.79 bits per heavy atom. The van der Waals surface area contributed by atoms with Crippen molar-refractivity contribution in [3.05, 3.63) is 65.5 Å². The van der Waals surface area contributed by atoms with E-state index < -0.39 is 0 Å². The fourth-order valence-corrected chi connectivity index (χ4v) is 3.45. The highest BCUT2D eigenvalue weighted by atomic mass is 16.5. The van der Waals surface area contributed by atoms with Gasteiger partial charge in [0.15, 0.2) is 6.61 Å². The number of carbonyl (C=O) groups is 2. The minimum Gasteiger partial charge on any atom is -0.485 e. The second-order valence-corrected chi connectivity index (χ2v) is 6.81. The van der Waals surface area contributed by atoms with Crippen LogP contribution in [0.25, 0.3) is 10.8 Å². The molecule has 5 heteroatoms. The first kappa shape index (κ1) is 19.7. The van der Waals surface area contributed by atoms with Crippen LogP contribution < -0.4 is 4.74 Å². The highest BCUT2D eigenvalue weighted by molar-refractivity contribution is 5.99. The molecule has 0 N–H and O–H groups in total. The van der Waals surface area contributed by atoms with Gasteiger partial charge in [-0.1, -0.05) is 36.4 Å². The Hall–Kier alpha value is -3.08. The van der Waals surface area contributed by atoms with Crippen LogP contribution in [-0.2, 0) is 16.1 Å². The molecule has 0 saturated heterocycles. The van der Waals surface area contributed by atoms with Crippen LogP contribution in [0.4, 0.5) is 0 Å². The first-order valence-corrected chi connectivity index (χ1v) is 9.38. The van der Waals surface area contributed by atoms with Crippen molar-refractivity contribution in [3.8, 4) is 5.75 Å². The van der Waals surface area contributed by atoms with E-state index in [4.69, 9.17) is 4.74 Å². The lowest BCUT2D eigenvalue weighted by atomic mass is 10.1. The fraction of sp³-hybridized carbons (Fsp3) is 0.304. The zero-order chi connectivity index (χ0) is 20.1. The Labute approximate surface area is 164 Å². The van der Waals surface area contributed by atoms with Crippen molar-refractivity contribution in [1.82, 2.24) is 4.57 Å². The minimum absolute atomic E-state index is 0.0134. The molecule has 2 aromatic carbocycles. The average molecular weight is 379 g/mol. The van der Waals surface area contributed by atoms with Gasteiger partial charge in [-0.15, -0.1) is 0 Å². The number of hydrogen-bond donors (Lipinski definition) is 0. The zero-order valence-electron chi connectivity index (χ0n) is 16.5. The van der Waals surface area contributed by atoms with Crippen molar-refractivity contribution >= 4 is 22.5 Å². The molecule has 146 valence electrons. The summed E-state index contributed by atoms with van der Waals surface area (Å²) in [7, 11) is 1.39. The van der Waals surface area contributed by atoms with E-state index in [2.05, 4.69) is 9.30 Å². The third-order valence-electron chi connectivity index (χ3n) is 4.97. The molecule has 1 heterocycles. The molecule has 0 bridgehead atoms. The fourth-order valence-electron chi connectivity index (χ4n) is 3.45. The van der Waals surface area contributed by atoms with Gasteiger partial charge < -0.3 is 14.0 Å². The number of nitrogens with zero attached hydrogens (tertiary/aromatic N) is 1. The van der Waals surface area contributed by atoms with Crippen LogP contribution in [0.5, 0.6) is 5.75 Å². The topological polar surface area (TPSA) is 57.5 Å². The second-order valence-electron chi connectivity index (χ2n) is 6.81. The molecular weight excluding hydrogens is 354 g/mol. The van der Waals surface area contributed by atoms with Gasteiger partial charge in [0.25, 0.3) is 0 Å². The number of benzene rings is 2. The maximum atomic E-state index is 12.8. The average Bonchev–Trinajstić information content (AvgIpc) is 3.00. The van der Waals surface area contributed by atoms with E-state index >= 15 is 0 Å². The van der Waals surface area contributed by atoms with E-state index in [0.717, 1.165) is 22.2 Å². The van der Waals surface area contributed by atoms with Crippen LogP contribution in [0, 0.1) is 13.8 Å². The van der Waals surface area contributed by atoms with Gasteiger partial charge in [0.1, 0.15) is 5.75 Å². The first-order chi connectivity index (χ1) is 13.5. The summed E-state index contributed by atoms with van der Waals surface area (Å²) >= 11 is 0. The molecule has 3 rings (SSSR count). The number of aromatic nitrogens is 1. The first-order valence-electron chi connectivity index (χ1n) is 9.38. The number of carbonyl (C=O) groups excluding carboxylic acids is 2. The molecule has 0 aliphatic heterocycles. The van der Waals surface area contributed by atoms with Crippen molar-refractivity contribution in [2.24, 2.45) is 0 Å². The molecule has 0 atom stereocenters. The molecule has 1 aromatic heterocycles. The highest BCUT2D eigenvalue weighted by Crippen LogP contribution is 2.25. The molecule has 0 aliphatic rings. The lowest BCUT2D eigenvalue weighted by Gasteiger charge is -2.10. The maximum Gasteiger partial charge on any atom is 0.305 e. The normalized spacial score (nSPS) is 10.8. The molecule has 0 unspecified atom stereocenters. The Balaban J connectivity index is 1.69. The number of hydrogen-bond acceptors (Lipinski definition) is 4. The van der Waals surface area contributed by atoms with Crippen LogP contribution >= 0.6 is 0 Å². The number of esters is 1. The highest BCUT2D eigenvalue weighted by Gasteiger charge is 2.17. The monoisotopic (exact) mass is 379 g/mol. The summed E-state index contributed by atoms with van der Waals surface area (Å²) in [4.78, 5) is 24.1. The van der Waals surface area contributed by atoms with Gasteiger partial charge >= 0.3 is 5.97 Å². The Kier molecular flexibility index (Phi) is 6.14. The molecule has 28 heavy (non-hydrogen) atoms. The summed E-state index contributed by atoms with van der Waals surface area (Å²) in [5.41, 5.74) is 2.56. The standard InChI is InChI=1S/C23H25NO4/c1-16-14-20(17(2)24(16)13-7-12-23(26)27-3)21(25)15-28-22-11-6-9-18-8-4-5-10-19(18)22/h4-6,8-11,14H,7,12-13,15H2,1-3H3. The van der Waals surface area contributed by atoms with Crippen molar-refractivity contribution in [2.45, 2.75) is 33.2 Å². The van der Waals surface area contributed by atoms with Gasteiger partial charge in [-0.3, -0.25) is 9.59 Å². The third-order valence-corrected chi connectivity index (χ3v) is 4.97. The molecule has 3 aromatic rings. The minimum atomic E-state index is -0.220. The molecule has 0 amide bonds.